The number of anilines is 1. The van der Waals surface area contributed by atoms with Gasteiger partial charge in [-0.1, -0.05) is 0 Å². The molecule has 7 heteroatoms. The maximum atomic E-state index is 12.3. The van der Waals surface area contributed by atoms with Gasteiger partial charge in [0.05, 0.1) is 0 Å². The molecule has 0 bridgehead atoms. The van der Waals surface area contributed by atoms with E-state index >= 15 is 0 Å². The zero-order valence-corrected chi connectivity index (χ0v) is 16.6. The van der Waals surface area contributed by atoms with Gasteiger partial charge in [0.2, 0.25) is 0 Å². The van der Waals surface area contributed by atoms with Crippen molar-refractivity contribution in [2.45, 2.75) is 58.2 Å². The minimum atomic E-state index is -0.457. The van der Waals surface area contributed by atoms with Gasteiger partial charge in [-0.05, 0) is 75.3 Å². The van der Waals surface area contributed by atoms with Crippen LogP contribution in [0.15, 0.2) is 12.1 Å². The highest BCUT2D eigenvalue weighted by Gasteiger charge is 2.33. The van der Waals surface area contributed by atoms with Crippen LogP contribution in [0.25, 0.3) is 0 Å². The summed E-state index contributed by atoms with van der Waals surface area (Å²) < 4.78 is 6.37. The summed E-state index contributed by atoms with van der Waals surface area (Å²) >= 11 is 2.15. The van der Waals surface area contributed by atoms with E-state index in [1.54, 1.807) is 0 Å². The summed E-state index contributed by atoms with van der Waals surface area (Å²) in [5, 5.41) is 8.35. The van der Waals surface area contributed by atoms with Crippen LogP contribution in [0.2, 0.25) is 0 Å². The maximum absolute atomic E-state index is 12.3. The fraction of sp³-hybridized carbons (Fsp3) is 0.688. The Kier molecular flexibility index (Phi) is 5.70. The first-order chi connectivity index (χ1) is 10.7. The summed E-state index contributed by atoms with van der Waals surface area (Å²) in [6, 6.07) is 4.43. The third-order valence-corrected chi connectivity index (χ3v) is 4.58. The average Bonchev–Trinajstić information content (AvgIpc) is 2.45. The molecular formula is C16H25IN4O2. The number of hydrogen-bond acceptors (Lipinski definition) is 5. The van der Waals surface area contributed by atoms with Gasteiger partial charge >= 0.3 is 6.09 Å². The molecule has 0 unspecified atom stereocenters. The van der Waals surface area contributed by atoms with Crippen LogP contribution in [-0.4, -0.2) is 52.5 Å². The van der Waals surface area contributed by atoms with Gasteiger partial charge in [0.1, 0.15) is 9.30 Å². The number of ether oxygens (including phenoxy) is 1. The first-order valence-electron chi connectivity index (χ1n) is 7.89. The molecule has 2 rings (SSSR count). The number of hydrogen-bond donors (Lipinski definition) is 0. The largest absolute Gasteiger partial charge is 0.444 e. The second-order valence-electron chi connectivity index (χ2n) is 7.03. The molecular weight excluding hydrogens is 407 g/mol. The topological polar surface area (TPSA) is 58.6 Å². The van der Waals surface area contributed by atoms with Gasteiger partial charge in [-0.25, -0.2) is 4.79 Å². The minimum absolute atomic E-state index is 0.142. The molecule has 0 spiro atoms. The second kappa shape index (κ2) is 7.19. The molecule has 0 saturated carbocycles. The summed E-state index contributed by atoms with van der Waals surface area (Å²) in [7, 11) is 2.04. The minimum Gasteiger partial charge on any atom is -0.444 e. The Bertz CT molecular complexity index is 544. The Morgan fingerprint density at radius 2 is 2.09 bits per heavy atom. The summed E-state index contributed by atoms with van der Waals surface area (Å²) in [4.78, 5) is 16.3. The number of halogens is 1. The highest BCUT2D eigenvalue weighted by Crippen LogP contribution is 2.25. The van der Waals surface area contributed by atoms with Crippen LogP contribution in [-0.2, 0) is 4.74 Å². The number of carbonyl (C=O) groups excluding carboxylic acids is 1. The molecule has 0 aliphatic carbocycles. The van der Waals surface area contributed by atoms with Gasteiger partial charge < -0.3 is 14.5 Å². The van der Waals surface area contributed by atoms with Crippen LogP contribution in [0.5, 0.6) is 0 Å². The first-order valence-corrected chi connectivity index (χ1v) is 8.97. The Morgan fingerprint density at radius 1 is 1.39 bits per heavy atom. The summed E-state index contributed by atoms with van der Waals surface area (Å²) in [6.07, 6.45) is 1.57. The van der Waals surface area contributed by atoms with Gasteiger partial charge in [0.15, 0.2) is 5.82 Å². The molecule has 1 amide bonds. The van der Waals surface area contributed by atoms with E-state index in [9.17, 15) is 4.79 Å². The summed E-state index contributed by atoms with van der Waals surface area (Å²) in [5.74, 6) is 0.869. The van der Waals surface area contributed by atoms with Crippen LogP contribution >= 0.6 is 22.6 Å². The van der Waals surface area contributed by atoms with Crippen molar-refractivity contribution >= 4 is 34.5 Å². The van der Waals surface area contributed by atoms with Crippen molar-refractivity contribution in [3.63, 3.8) is 0 Å². The highest BCUT2D eigenvalue weighted by molar-refractivity contribution is 14.1. The average molecular weight is 432 g/mol. The van der Waals surface area contributed by atoms with Gasteiger partial charge in [-0.15, -0.1) is 10.2 Å². The molecule has 0 aromatic carbocycles. The number of aromatic nitrogens is 2. The SMILES string of the molecule is C[C@H]1C[C@@H](N(C)c2ccc(I)nn2)CCN1C(=O)OC(C)(C)C. The molecule has 1 aromatic rings. The molecule has 0 N–H and O–H groups in total. The smallest absolute Gasteiger partial charge is 0.410 e. The van der Waals surface area contributed by atoms with Crippen molar-refractivity contribution in [1.29, 1.82) is 0 Å². The highest BCUT2D eigenvalue weighted by atomic mass is 127. The zero-order chi connectivity index (χ0) is 17.2. The number of amides is 1. The van der Waals surface area contributed by atoms with E-state index < -0.39 is 5.60 Å². The second-order valence-corrected chi connectivity index (χ2v) is 8.13. The normalized spacial score (nSPS) is 21.9. The van der Waals surface area contributed by atoms with E-state index in [1.807, 2.05) is 44.9 Å². The lowest BCUT2D eigenvalue weighted by Gasteiger charge is -2.41. The predicted molar refractivity (Wildman–Crippen MR) is 98.6 cm³/mol. The Labute approximate surface area is 151 Å². The number of carbonyl (C=O) groups is 1. The quantitative estimate of drug-likeness (QED) is 0.672. The fourth-order valence-corrected chi connectivity index (χ4v) is 3.06. The number of rotatable bonds is 2. The molecule has 6 nitrogen and oxygen atoms in total. The first kappa shape index (κ1) is 18.2. The third kappa shape index (κ3) is 4.92. The Balaban J connectivity index is 1.98. The van der Waals surface area contributed by atoms with Crippen molar-refractivity contribution < 1.29 is 9.53 Å². The van der Waals surface area contributed by atoms with Crippen molar-refractivity contribution in [3.05, 3.63) is 15.8 Å². The van der Waals surface area contributed by atoms with Crippen LogP contribution in [0, 0.1) is 3.70 Å². The van der Waals surface area contributed by atoms with Crippen LogP contribution < -0.4 is 4.90 Å². The van der Waals surface area contributed by atoms with Crippen molar-refractivity contribution in [2.24, 2.45) is 0 Å². The van der Waals surface area contributed by atoms with E-state index in [4.69, 9.17) is 4.74 Å². The lowest BCUT2D eigenvalue weighted by atomic mass is 9.97. The standard InChI is InChI=1S/C16H25IN4O2/c1-11-10-12(20(5)14-7-6-13(17)18-19-14)8-9-21(11)15(22)23-16(2,3)4/h6-7,11-12H,8-10H2,1-5H3/t11-,12-/m0/s1. The van der Waals surface area contributed by atoms with Gasteiger partial charge in [0, 0.05) is 25.7 Å². The monoisotopic (exact) mass is 432 g/mol. The fourth-order valence-electron chi connectivity index (χ4n) is 2.78. The molecule has 2 atom stereocenters. The number of nitrogens with zero attached hydrogens (tertiary/aromatic N) is 4. The van der Waals surface area contributed by atoms with E-state index in [2.05, 4.69) is 44.6 Å². The van der Waals surface area contributed by atoms with Gasteiger partial charge in [-0.3, -0.25) is 0 Å². The predicted octanol–water partition coefficient (Wildman–Crippen LogP) is 3.31. The Hall–Kier alpha value is -1.12. The lowest BCUT2D eigenvalue weighted by Crippen LogP contribution is -2.51. The van der Waals surface area contributed by atoms with E-state index in [1.165, 1.54) is 0 Å². The molecule has 0 radical (unpaired) electrons. The van der Waals surface area contributed by atoms with Crippen LogP contribution in [0.3, 0.4) is 0 Å². The maximum Gasteiger partial charge on any atom is 0.410 e. The summed E-state index contributed by atoms with van der Waals surface area (Å²) in [6.45, 7) is 8.45. The van der Waals surface area contributed by atoms with Crippen molar-refractivity contribution in [1.82, 2.24) is 15.1 Å². The lowest BCUT2D eigenvalue weighted by molar-refractivity contribution is 0.0105. The van der Waals surface area contributed by atoms with E-state index in [0.29, 0.717) is 12.6 Å². The zero-order valence-electron chi connectivity index (χ0n) is 14.4. The molecule has 128 valence electrons. The van der Waals surface area contributed by atoms with Crippen molar-refractivity contribution in [3.8, 4) is 0 Å². The number of piperidine rings is 1. The summed E-state index contributed by atoms with van der Waals surface area (Å²) in [5.41, 5.74) is -0.457. The molecule has 1 aliphatic rings. The van der Waals surface area contributed by atoms with Crippen LogP contribution in [0.4, 0.5) is 10.6 Å². The molecule has 1 aliphatic heterocycles. The third-order valence-electron chi connectivity index (χ3n) is 4.00. The van der Waals surface area contributed by atoms with Crippen molar-refractivity contribution in [2.75, 3.05) is 18.5 Å². The molecule has 2 heterocycles. The molecule has 1 saturated heterocycles. The number of likely N-dealkylation sites (tertiary alicyclic amines) is 1. The molecule has 1 aromatic heterocycles. The Morgan fingerprint density at radius 3 is 2.61 bits per heavy atom. The molecule has 1 fully saturated rings. The van der Waals surface area contributed by atoms with Gasteiger partial charge in [-0.2, -0.15) is 0 Å². The van der Waals surface area contributed by atoms with Gasteiger partial charge in [0.25, 0.3) is 0 Å². The van der Waals surface area contributed by atoms with E-state index in [-0.39, 0.29) is 12.1 Å². The van der Waals surface area contributed by atoms with Crippen LogP contribution in [0.1, 0.15) is 40.5 Å². The van der Waals surface area contributed by atoms with E-state index in [0.717, 1.165) is 22.4 Å². The molecule has 23 heavy (non-hydrogen) atoms.